The highest BCUT2D eigenvalue weighted by molar-refractivity contribution is 6.04. The summed E-state index contributed by atoms with van der Waals surface area (Å²) in [6.45, 7) is 5.89. The van der Waals surface area contributed by atoms with Crippen LogP contribution < -0.4 is 10.6 Å². The van der Waals surface area contributed by atoms with Crippen LogP contribution in [0.5, 0.6) is 0 Å². The number of carbonyl (C=O) groups is 1. The van der Waals surface area contributed by atoms with Gasteiger partial charge in [0.25, 0.3) is 5.91 Å². The lowest BCUT2D eigenvalue weighted by Gasteiger charge is -2.09. The number of hydrogen-bond donors (Lipinski definition) is 2. The minimum atomic E-state index is -0.180. The highest BCUT2D eigenvalue weighted by Crippen LogP contribution is 2.14. The first-order valence-corrected chi connectivity index (χ1v) is 6.97. The summed E-state index contributed by atoms with van der Waals surface area (Å²) in [5.74, 6) is 1.08. The van der Waals surface area contributed by atoms with E-state index >= 15 is 0 Å². The average Bonchev–Trinajstić information content (AvgIpc) is 2.45. The Morgan fingerprint density at radius 3 is 2.48 bits per heavy atom. The molecule has 21 heavy (non-hydrogen) atoms. The molecule has 0 unspecified atom stereocenters. The van der Waals surface area contributed by atoms with Gasteiger partial charge in [-0.05, 0) is 50.1 Å². The molecule has 0 aliphatic rings. The lowest BCUT2D eigenvalue weighted by Crippen LogP contribution is -2.14. The molecule has 2 aromatic rings. The van der Waals surface area contributed by atoms with E-state index in [2.05, 4.69) is 20.6 Å². The Balaban J connectivity index is 2.27. The van der Waals surface area contributed by atoms with E-state index in [9.17, 15) is 4.79 Å². The molecule has 0 saturated carbocycles. The molecule has 1 amide bonds. The molecule has 2 aromatic heterocycles. The predicted molar refractivity (Wildman–Crippen MR) is 84.8 cm³/mol. The van der Waals surface area contributed by atoms with Crippen LogP contribution in [0.2, 0.25) is 0 Å². The van der Waals surface area contributed by atoms with Gasteiger partial charge in [-0.3, -0.25) is 4.79 Å². The normalized spacial score (nSPS) is 10.3. The number of rotatable bonds is 4. The quantitative estimate of drug-likeness (QED) is 0.906. The van der Waals surface area contributed by atoms with Crippen LogP contribution in [-0.2, 0) is 6.42 Å². The molecule has 0 atom stereocenters. The summed E-state index contributed by atoms with van der Waals surface area (Å²) in [4.78, 5) is 21.1. The summed E-state index contributed by atoms with van der Waals surface area (Å²) in [5, 5.41) is 5.81. The lowest BCUT2D eigenvalue weighted by atomic mass is 10.1. The molecule has 2 rings (SSSR count). The average molecular weight is 284 g/mol. The molecule has 110 valence electrons. The molecule has 2 heterocycles. The van der Waals surface area contributed by atoms with Crippen LogP contribution in [-0.4, -0.2) is 22.9 Å². The van der Waals surface area contributed by atoms with E-state index in [1.54, 1.807) is 19.2 Å². The van der Waals surface area contributed by atoms with Crippen molar-refractivity contribution in [3.8, 4) is 0 Å². The van der Waals surface area contributed by atoms with Crippen LogP contribution in [0.1, 0.15) is 34.2 Å². The van der Waals surface area contributed by atoms with E-state index in [0.717, 1.165) is 23.4 Å². The molecule has 0 radical (unpaired) electrons. The molecule has 0 aliphatic carbocycles. The fourth-order valence-corrected chi connectivity index (χ4v) is 2.12. The van der Waals surface area contributed by atoms with Crippen LogP contribution in [0.3, 0.4) is 0 Å². The van der Waals surface area contributed by atoms with E-state index in [-0.39, 0.29) is 5.91 Å². The molecular formula is C16H20N4O. The number of nitrogens with zero attached hydrogens (tertiary/aromatic N) is 2. The maximum Gasteiger partial charge on any atom is 0.257 e. The first kappa shape index (κ1) is 15.0. The zero-order chi connectivity index (χ0) is 15.4. The molecule has 5 heteroatoms. The summed E-state index contributed by atoms with van der Waals surface area (Å²) in [6.07, 6.45) is 0.775. The molecule has 0 saturated heterocycles. The van der Waals surface area contributed by atoms with E-state index in [1.807, 2.05) is 32.9 Å². The number of nitrogens with one attached hydrogen (secondary N) is 2. The molecule has 0 spiro atoms. The SMILES string of the molecule is CCc1cc(C(=O)Nc2cc(C)cc(C)n2)cc(NC)n1. The Labute approximate surface area is 124 Å². The number of anilines is 2. The van der Waals surface area contributed by atoms with Crippen LogP contribution in [0.25, 0.3) is 0 Å². The molecule has 2 N–H and O–H groups in total. The largest absolute Gasteiger partial charge is 0.373 e. The van der Waals surface area contributed by atoms with Gasteiger partial charge in [0.05, 0.1) is 0 Å². The van der Waals surface area contributed by atoms with E-state index in [1.165, 1.54) is 0 Å². The zero-order valence-corrected chi connectivity index (χ0v) is 12.8. The Hall–Kier alpha value is -2.43. The van der Waals surface area contributed by atoms with Gasteiger partial charge in [0.15, 0.2) is 0 Å². The van der Waals surface area contributed by atoms with Crippen molar-refractivity contribution in [2.45, 2.75) is 27.2 Å². The second kappa shape index (κ2) is 6.35. The number of pyridine rings is 2. The number of hydrogen-bond acceptors (Lipinski definition) is 4. The maximum atomic E-state index is 12.4. The summed E-state index contributed by atoms with van der Waals surface area (Å²) in [7, 11) is 1.79. The van der Waals surface area contributed by atoms with Gasteiger partial charge in [-0.1, -0.05) is 6.92 Å². The Kier molecular flexibility index (Phi) is 4.52. The van der Waals surface area contributed by atoms with E-state index in [4.69, 9.17) is 0 Å². The van der Waals surface area contributed by atoms with Crippen molar-refractivity contribution in [3.63, 3.8) is 0 Å². The third kappa shape index (κ3) is 3.78. The predicted octanol–water partition coefficient (Wildman–Crippen LogP) is 2.95. The van der Waals surface area contributed by atoms with Gasteiger partial charge in [-0.25, -0.2) is 9.97 Å². The van der Waals surface area contributed by atoms with Gasteiger partial charge in [0.2, 0.25) is 0 Å². The van der Waals surface area contributed by atoms with Gasteiger partial charge in [-0.2, -0.15) is 0 Å². The highest BCUT2D eigenvalue weighted by Gasteiger charge is 2.10. The van der Waals surface area contributed by atoms with Gasteiger partial charge < -0.3 is 10.6 Å². The third-order valence-electron chi connectivity index (χ3n) is 3.10. The number of carbonyl (C=O) groups excluding carboxylic acids is 1. The van der Waals surface area contributed by atoms with Crippen molar-refractivity contribution < 1.29 is 4.79 Å². The smallest absolute Gasteiger partial charge is 0.257 e. The lowest BCUT2D eigenvalue weighted by molar-refractivity contribution is 0.102. The van der Waals surface area contributed by atoms with Gasteiger partial charge in [-0.15, -0.1) is 0 Å². The summed E-state index contributed by atoms with van der Waals surface area (Å²) < 4.78 is 0. The molecule has 5 nitrogen and oxygen atoms in total. The summed E-state index contributed by atoms with van der Waals surface area (Å²) in [6, 6.07) is 7.36. The summed E-state index contributed by atoms with van der Waals surface area (Å²) >= 11 is 0. The van der Waals surface area contributed by atoms with Gasteiger partial charge in [0, 0.05) is 24.0 Å². The van der Waals surface area contributed by atoms with Crippen molar-refractivity contribution in [2.24, 2.45) is 0 Å². The van der Waals surface area contributed by atoms with Crippen LogP contribution in [0.15, 0.2) is 24.3 Å². The number of aryl methyl sites for hydroxylation is 3. The van der Waals surface area contributed by atoms with Crippen molar-refractivity contribution in [3.05, 3.63) is 46.8 Å². The van der Waals surface area contributed by atoms with Crippen molar-refractivity contribution >= 4 is 17.5 Å². The molecule has 0 aliphatic heterocycles. The Morgan fingerprint density at radius 1 is 1.10 bits per heavy atom. The topological polar surface area (TPSA) is 66.9 Å². The summed E-state index contributed by atoms with van der Waals surface area (Å²) in [5.41, 5.74) is 3.40. The first-order chi connectivity index (χ1) is 10.0. The fraction of sp³-hybridized carbons (Fsp3) is 0.312. The molecule has 0 bridgehead atoms. The zero-order valence-electron chi connectivity index (χ0n) is 12.8. The minimum absolute atomic E-state index is 0.180. The standard InChI is InChI=1S/C16H20N4O/c1-5-13-8-12(9-14(17-4)19-13)16(21)20-15-7-10(2)6-11(3)18-15/h6-9H,5H2,1-4H3,(H,17,19)(H,18,20,21). The van der Waals surface area contributed by atoms with Crippen LogP contribution in [0.4, 0.5) is 11.6 Å². The molecule has 0 aromatic carbocycles. The van der Waals surface area contributed by atoms with Crippen molar-refractivity contribution in [2.75, 3.05) is 17.7 Å². The molecule has 0 fully saturated rings. The minimum Gasteiger partial charge on any atom is -0.373 e. The highest BCUT2D eigenvalue weighted by atomic mass is 16.1. The Morgan fingerprint density at radius 2 is 1.86 bits per heavy atom. The van der Waals surface area contributed by atoms with Crippen LogP contribution >= 0.6 is 0 Å². The first-order valence-electron chi connectivity index (χ1n) is 6.97. The second-order valence-corrected chi connectivity index (χ2v) is 4.96. The molecular weight excluding hydrogens is 264 g/mol. The number of amides is 1. The fourth-order valence-electron chi connectivity index (χ4n) is 2.12. The van der Waals surface area contributed by atoms with Gasteiger partial charge >= 0.3 is 0 Å². The third-order valence-corrected chi connectivity index (χ3v) is 3.10. The van der Waals surface area contributed by atoms with E-state index < -0.39 is 0 Å². The Bertz CT molecular complexity index is 625. The van der Waals surface area contributed by atoms with Crippen LogP contribution in [0, 0.1) is 13.8 Å². The van der Waals surface area contributed by atoms with Crippen molar-refractivity contribution in [1.29, 1.82) is 0 Å². The monoisotopic (exact) mass is 284 g/mol. The van der Waals surface area contributed by atoms with E-state index in [0.29, 0.717) is 17.2 Å². The number of aromatic nitrogens is 2. The maximum absolute atomic E-state index is 12.4. The second-order valence-electron chi connectivity index (χ2n) is 4.96. The van der Waals surface area contributed by atoms with Crippen molar-refractivity contribution in [1.82, 2.24) is 9.97 Å². The van der Waals surface area contributed by atoms with Gasteiger partial charge in [0.1, 0.15) is 11.6 Å².